The lowest BCUT2D eigenvalue weighted by Gasteiger charge is -2.11. The molecule has 0 spiro atoms. The van der Waals surface area contributed by atoms with Crippen LogP contribution in [0.3, 0.4) is 0 Å². The molecule has 0 saturated carbocycles. The molecule has 0 radical (unpaired) electrons. The van der Waals surface area contributed by atoms with E-state index in [0.717, 1.165) is 22.9 Å². The molecule has 0 unspecified atom stereocenters. The summed E-state index contributed by atoms with van der Waals surface area (Å²) in [6.45, 7) is -0.384. The van der Waals surface area contributed by atoms with Crippen molar-refractivity contribution >= 4 is 22.4 Å². The van der Waals surface area contributed by atoms with Crippen LogP contribution in [0.15, 0.2) is 66.7 Å². The summed E-state index contributed by atoms with van der Waals surface area (Å²) in [5.74, 6) is -0.461. The molecule has 1 N–H and O–H groups in total. The Morgan fingerprint density at radius 2 is 1.68 bits per heavy atom. The van der Waals surface area contributed by atoms with E-state index in [1.807, 2.05) is 36.4 Å². The molecule has 3 nitrogen and oxygen atoms in total. The van der Waals surface area contributed by atoms with Gasteiger partial charge in [0, 0.05) is 11.1 Å². The number of amides is 1. The SMILES string of the molecule is O=C(COc1cccc(C(F)(F)F)c1)Nc1cccc2ccccc12. The van der Waals surface area contributed by atoms with Gasteiger partial charge in [-0.25, -0.2) is 0 Å². The van der Waals surface area contributed by atoms with Crippen molar-refractivity contribution in [3.8, 4) is 5.75 Å². The number of benzene rings is 3. The average Bonchev–Trinajstić information content (AvgIpc) is 2.60. The highest BCUT2D eigenvalue weighted by atomic mass is 19.4. The second kappa shape index (κ2) is 6.84. The number of alkyl halides is 3. The zero-order valence-electron chi connectivity index (χ0n) is 13.0. The number of anilines is 1. The summed E-state index contributed by atoms with van der Waals surface area (Å²) < 4.78 is 43.2. The van der Waals surface area contributed by atoms with Crippen LogP contribution in [0, 0.1) is 0 Å². The third-order valence-electron chi connectivity index (χ3n) is 3.60. The third-order valence-corrected chi connectivity index (χ3v) is 3.60. The van der Waals surface area contributed by atoms with Crippen LogP contribution in [0.2, 0.25) is 0 Å². The molecule has 0 atom stereocenters. The maximum absolute atomic E-state index is 12.7. The van der Waals surface area contributed by atoms with Gasteiger partial charge in [0.05, 0.1) is 5.56 Å². The Balaban J connectivity index is 1.67. The number of hydrogen-bond donors (Lipinski definition) is 1. The minimum Gasteiger partial charge on any atom is -0.484 e. The first-order valence-electron chi connectivity index (χ1n) is 7.51. The Bertz CT molecular complexity index is 901. The van der Waals surface area contributed by atoms with E-state index in [0.29, 0.717) is 5.69 Å². The van der Waals surface area contributed by atoms with Gasteiger partial charge in [-0.1, -0.05) is 42.5 Å². The summed E-state index contributed by atoms with van der Waals surface area (Å²) in [7, 11) is 0. The molecule has 3 aromatic rings. The van der Waals surface area contributed by atoms with Crippen LogP contribution in [0.4, 0.5) is 18.9 Å². The molecular weight excluding hydrogens is 331 g/mol. The van der Waals surface area contributed by atoms with E-state index >= 15 is 0 Å². The Kier molecular flexibility index (Phi) is 4.61. The van der Waals surface area contributed by atoms with Gasteiger partial charge in [0.15, 0.2) is 6.61 Å². The quantitative estimate of drug-likeness (QED) is 0.732. The molecular formula is C19H14F3NO2. The Hall–Kier alpha value is -3.02. The highest BCUT2D eigenvalue weighted by Gasteiger charge is 2.30. The largest absolute Gasteiger partial charge is 0.484 e. The van der Waals surface area contributed by atoms with E-state index < -0.39 is 17.6 Å². The molecule has 3 aromatic carbocycles. The zero-order chi connectivity index (χ0) is 17.9. The highest BCUT2D eigenvalue weighted by molar-refractivity contribution is 6.02. The maximum atomic E-state index is 12.7. The lowest BCUT2D eigenvalue weighted by Crippen LogP contribution is -2.20. The summed E-state index contributed by atoms with van der Waals surface area (Å²) >= 11 is 0. The fourth-order valence-electron chi connectivity index (χ4n) is 2.43. The summed E-state index contributed by atoms with van der Waals surface area (Å²) in [6.07, 6.45) is -4.45. The van der Waals surface area contributed by atoms with Crippen molar-refractivity contribution in [3.63, 3.8) is 0 Å². The van der Waals surface area contributed by atoms with Crippen molar-refractivity contribution in [1.82, 2.24) is 0 Å². The van der Waals surface area contributed by atoms with Gasteiger partial charge in [-0.15, -0.1) is 0 Å². The number of fused-ring (bicyclic) bond motifs is 1. The average molecular weight is 345 g/mol. The van der Waals surface area contributed by atoms with Gasteiger partial charge in [-0.05, 0) is 29.7 Å². The number of ether oxygens (including phenoxy) is 1. The molecule has 0 bridgehead atoms. The van der Waals surface area contributed by atoms with Crippen LogP contribution in [-0.4, -0.2) is 12.5 Å². The lowest BCUT2D eigenvalue weighted by atomic mass is 10.1. The van der Waals surface area contributed by atoms with Crippen molar-refractivity contribution in [2.75, 3.05) is 11.9 Å². The molecule has 0 aliphatic rings. The van der Waals surface area contributed by atoms with Crippen LogP contribution in [0.25, 0.3) is 10.8 Å². The molecule has 0 heterocycles. The van der Waals surface area contributed by atoms with Gasteiger partial charge in [0.1, 0.15) is 5.75 Å². The number of hydrogen-bond acceptors (Lipinski definition) is 2. The fourth-order valence-corrected chi connectivity index (χ4v) is 2.43. The fraction of sp³-hybridized carbons (Fsp3) is 0.105. The number of carbonyl (C=O) groups excluding carboxylic acids is 1. The first kappa shape index (κ1) is 16.8. The van der Waals surface area contributed by atoms with Gasteiger partial charge >= 0.3 is 6.18 Å². The first-order chi connectivity index (χ1) is 11.9. The van der Waals surface area contributed by atoms with E-state index in [1.165, 1.54) is 12.1 Å². The smallest absolute Gasteiger partial charge is 0.416 e. The van der Waals surface area contributed by atoms with Crippen molar-refractivity contribution in [2.45, 2.75) is 6.18 Å². The van der Waals surface area contributed by atoms with Crippen molar-refractivity contribution in [2.24, 2.45) is 0 Å². The van der Waals surface area contributed by atoms with Crippen LogP contribution in [-0.2, 0) is 11.0 Å². The van der Waals surface area contributed by atoms with E-state index in [1.54, 1.807) is 6.07 Å². The molecule has 25 heavy (non-hydrogen) atoms. The Morgan fingerprint density at radius 3 is 2.48 bits per heavy atom. The topological polar surface area (TPSA) is 38.3 Å². The summed E-state index contributed by atoms with van der Waals surface area (Å²) in [5, 5.41) is 4.56. The lowest BCUT2D eigenvalue weighted by molar-refractivity contribution is -0.137. The van der Waals surface area contributed by atoms with Crippen molar-refractivity contribution in [1.29, 1.82) is 0 Å². The molecule has 0 fully saturated rings. The van der Waals surface area contributed by atoms with Crippen molar-refractivity contribution in [3.05, 3.63) is 72.3 Å². The number of carbonyl (C=O) groups is 1. The van der Waals surface area contributed by atoms with Crippen LogP contribution in [0.5, 0.6) is 5.75 Å². The Morgan fingerprint density at radius 1 is 0.960 bits per heavy atom. The minimum atomic E-state index is -4.45. The van der Waals surface area contributed by atoms with Crippen LogP contribution < -0.4 is 10.1 Å². The second-order valence-electron chi connectivity index (χ2n) is 5.39. The minimum absolute atomic E-state index is 0.0112. The molecule has 1 amide bonds. The predicted octanol–water partition coefficient (Wildman–Crippen LogP) is 4.88. The molecule has 0 saturated heterocycles. The summed E-state index contributed by atoms with van der Waals surface area (Å²) in [5.41, 5.74) is -0.199. The van der Waals surface area contributed by atoms with Gasteiger partial charge < -0.3 is 10.1 Å². The summed E-state index contributed by atoms with van der Waals surface area (Å²) in [6, 6.07) is 17.5. The predicted molar refractivity (Wildman–Crippen MR) is 89.5 cm³/mol. The monoisotopic (exact) mass is 345 g/mol. The first-order valence-corrected chi connectivity index (χ1v) is 7.51. The van der Waals surface area contributed by atoms with E-state index in [2.05, 4.69) is 5.32 Å². The van der Waals surface area contributed by atoms with Crippen LogP contribution >= 0.6 is 0 Å². The van der Waals surface area contributed by atoms with E-state index in [-0.39, 0.29) is 12.4 Å². The Labute approximate surface area is 142 Å². The van der Waals surface area contributed by atoms with Gasteiger partial charge in [0.25, 0.3) is 5.91 Å². The number of nitrogens with one attached hydrogen (secondary N) is 1. The zero-order valence-corrected chi connectivity index (χ0v) is 13.0. The molecule has 0 aliphatic heterocycles. The number of rotatable bonds is 4. The standard InChI is InChI=1S/C19H14F3NO2/c20-19(21,22)14-7-4-8-15(11-14)25-12-18(24)23-17-10-3-6-13-5-1-2-9-16(13)17/h1-11H,12H2,(H,23,24). The molecule has 0 aliphatic carbocycles. The normalized spacial score (nSPS) is 11.3. The van der Waals surface area contributed by atoms with E-state index in [4.69, 9.17) is 4.74 Å². The second-order valence-corrected chi connectivity index (χ2v) is 5.39. The van der Waals surface area contributed by atoms with Gasteiger partial charge in [0.2, 0.25) is 0 Å². The number of halogens is 3. The molecule has 6 heteroatoms. The van der Waals surface area contributed by atoms with Crippen molar-refractivity contribution < 1.29 is 22.7 Å². The van der Waals surface area contributed by atoms with E-state index in [9.17, 15) is 18.0 Å². The molecule has 3 rings (SSSR count). The third kappa shape index (κ3) is 4.09. The van der Waals surface area contributed by atoms with Gasteiger partial charge in [-0.2, -0.15) is 13.2 Å². The summed E-state index contributed by atoms with van der Waals surface area (Å²) in [4.78, 5) is 12.1. The maximum Gasteiger partial charge on any atom is 0.416 e. The van der Waals surface area contributed by atoms with Crippen LogP contribution in [0.1, 0.15) is 5.56 Å². The highest BCUT2D eigenvalue weighted by Crippen LogP contribution is 2.31. The molecule has 0 aromatic heterocycles. The van der Waals surface area contributed by atoms with Gasteiger partial charge in [-0.3, -0.25) is 4.79 Å². The molecule has 128 valence electrons.